The number of nitrogens with zero attached hydrogens (tertiary/aromatic N) is 3. The lowest BCUT2D eigenvalue weighted by molar-refractivity contribution is -0.105. The molecular formula is C42H38N6O3. The Morgan fingerprint density at radius 3 is 2.18 bits per heavy atom. The van der Waals surface area contributed by atoms with E-state index in [0.717, 1.165) is 92.7 Å². The van der Waals surface area contributed by atoms with Crippen LogP contribution in [0.1, 0.15) is 45.6 Å². The monoisotopic (exact) mass is 674 g/mol. The van der Waals surface area contributed by atoms with Crippen molar-refractivity contribution in [1.29, 1.82) is 0 Å². The first-order valence-electron chi connectivity index (χ1n) is 17.2. The third kappa shape index (κ3) is 6.01. The number of imidazole rings is 1. The second-order valence-corrected chi connectivity index (χ2v) is 14.1. The van der Waals surface area contributed by atoms with E-state index >= 15 is 0 Å². The molecule has 6 aromatic rings. The maximum atomic E-state index is 12.9. The van der Waals surface area contributed by atoms with E-state index in [9.17, 15) is 9.59 Å². The van der Waals surface area contributed by atoms with Crippen LogP contribution >= 0.6 is 0 Å². The number of ether oxygens (including phenoxy) is 1. The summed E-state index contributed by atoms with van der Waals surface area (Å²) in [6.45, 7) is 5.63. The number of anilines is 3. The first kappa shape index (κ1) is 32.0. The van der Waals surface area contributed by atoms with E-state index in [4.69, 9.17) is 14.7 Å². The van der Waals surface area contributed by atoms with Gasteiger partial charge >= 0.3 is 6.09 Å². The highest BCUT2D eigenvalue weighted by Gasteiger charge is 2.41. The van der Waals surface area contributed by atoms with Crippen molar-refractivity contribution in [3.05, 3.63) is 121 Å². The summed E-state index contributed by atoms with van der Waals surface area (Å²) in [5, 5.41) is 9.42. The molecule has 9 heteroatoms. The third-order valence-corrected chi connectivity index (χ3v) is 9.59. The molecule has 0 saturated heterocycles. The van der Waals surface area contributed by atoms with Crippen LogP contribution in [0.15, 0.2) is 115 Å². The molecule has 3 heterocycles. The number of para-hydroxylation sites is 1. The molecule has 2 aliphatic rings. The molecule has 2 aromatic heterocycles. The predicted molar refractivity (Wildman–Crippen MR) is 201 cm³/mol. The van der Waals surface area contributed by atoms with Crippen molar-refractivity contribution in [2.75, 3.05) is 10.6 Å². The fraction of sp³-hybridized carbons (Fsp3) is 0.190. The van der Waals surface area contributed by atoms with Crippen LogP contribution in [0.25, 0.3) is 50.7 Å². The number of rotatable bonds is 7. The molecule has 0 spiro atoms. The number of hydrogen-bond donors (Lipinski definition) is 3. The molecule has 4 aromatic carbocycles. The van der Waals surface area contributed by atoms with Crippen molar-refractivity contribution in [3.63, 3.8) is 0 Å². The van der Waals surface area contributed by atoms with Gasteiger partial charge in [0.15, 0.2) is 5.82 Å². The van der Waals surface area contributed by atoms with Gasteiger partial charge in [-0.2, -0.15) is 0 Å². The number of aromatic nitrogens is 3. The Morgan fingerprint density at radius 2 is 1.51 bits per heavy atom. The van der Waals surface area contributed by atoms with Crippen molar-refractivity contribution in [2.45, 2.75) is 51.2 Å². The molecule has 8 rings (SSSR count). The number of benzene rings is 4. The van der Waals surface area contributed by atoms with E-state index in [1.54, 1.807) is 6.20 Å². The fourth-order valence-corrected chi connectivity index (χ4v) is 7.00. The second kappa shape index (κ2) is 12.6. The van der Waals surface area contributed by atoms with Crippen LogP contribution in [0.4, 0.5) is 22.0 Å². The van der Waals surface area contributed by atoms with E-state index in [1.165, 1.54) is 0 Å². The number of pyridine rings is 1. The smallest absolute Gasteiger partial charge is 0.408 e. The van der Waals surface area contributed by atoms with Gasteiger partial charge in [0, 0.05) is 28.6 Å². The standard InChI is InChI=1S/C42H38N6O3/c1-41(2,3)51-40(50)47-42(23-7-24-42)31-19-15-30(16-20-31)37-36(29-13-11-27(12-14-29)28-17-21-32(22-18-28)44-26-49)46-39-33-8-4-5-9-34(33)45-38-35(48(37)39)10-6-25-43-38/h4-6,8-22,25-26H,7,23-24H2,1-3H3,(H,43,45)(H,44,49)(H,47,50). The predicted octanol–water partition coefficient (Wildman–Crippen LogP) is 9.46. The molecule has 1 saturated carbocycles. The fourth-order valence-electron chi connectivity index (χ4n) is 7.00. The molecule has 0 unspecified atom stereocenters. The van der Waals surface area contributed by atoms with Gasteiger partial charge in [-0.25, -0.2) is 14.8 Å². The summed E-state index contributed by atoms with van der Waals surface area (Å²) in [4.78, 5) is 33.9. The molecule has 51 heavy (non-hydrogen) atoms. The zero-order chi connectivity index (χ0) is 35.2. The van der Waals surface area contributed by atoms with Gasteiger partial charge in [0.1, 0.15) is 11.4 Å². The topological polar surface area (TPSA) is 110 Å². The number of nitrogens with one attached hydrogen (secondary N) is 3. The number of fused-ring (bicyclic) bond motifs is 5. The Kier molecular flexibility index (Phi) is 7.90. The summed E-state index contributed by atoms with van der Waals surface area (Å²) in [7, 11) is 0. The number of amides is 2. The zero-order valence-electron chi connectivity index (χ0n) is 28.7. The molecule has 2 amide bonds. The Hall–Kier alpha value is -6.22. The van der Waals surface area contributed by atoms with Gasteiger partial charge in [0.05, 0.1) is 28.3 Å². The number of carbonyl (C=O) groups is 2. The SMILES string of the molecule is CC(C)(C)OC(=O)NC1(c2ccc(-c3c(-c4ccc(-c5ccc(NC=O)cc5)cc4)nc4n3-c3cccnc3Nc3ccccc3-4)cc2)CCC1. The average Bonchev–Trinajstić information content (AvgIpc) is 3.44. The lowest BCUT2D eigenvalue weighted by Gasteiger charge is -2.43. The number of alkyl carbamates (subject to hydrolysis) is 1. The number of hydrogen-bond acceptors (Lipinski definition) is 6. The molecule has 254 valence electrons. The van der Waals surface area contributed by atoms with Crippen LogP contribution in [0, 0.1) is 0 Å². The summed E-state index contributed by atoms with van der Waals surface area (Å²) in [6, 6.07) is 36.8. The summed E-state index contributed by atoms with van der Waals surface area (Å²) in [6.07, 6.45) is 4.80. The maximum Gasteiger partial charge on any atom is 0.408 e. The summed E-state index contributed by atoms with van der Waals surface area (Å²) >= 11 is 0. The molecule has 3 N–H and O–H groups in total. The highest BCUT2D eigenvalue weighted by Crippen LogP contribution is 2.46. The van der Waals surface area contributed by atoms with E-state index < -0.39 is 17.2 Å². The molecule has 1 aliphatic carbocycles. The molecule has 0 atom stereocenters. The van der Waals surface area contributed by atoms with Gasteiger partial charge in [0.2, 0.25) is 6.41 Å². The van der Waals surface area contributed by atoms with Crippen molar-refractivity contribution in [2.24, 2.45) is 0 Å². The summed E-state index contributed by atoms with van der Waals surface area (Å²) in [5.74, 6) is 1.55. The molecule has 9 nitrogen and oxygen atoms in total. The van der Waals surface area contributed by atoms with Crippen molar-refractivity contribution >= 4 is 29.7 Å². The lowest BCUT2D eigenvalue weighted by atomic mass is 9.71. The van der Waals surface area contributed by atoms with Gasteiger partial charge in [-0.1, -0.05) is 72.8 Å². The van der Waals surface area contributed by atoms with Gasteiger partial charge in [-0.15, -0.1) is 0 Å². The molecule has 0 radical (unpaired) electrons. The highest BCUT2D eigenvalue weighted by atomic mass is 16.6. The van der Waals surface area contributed by atoms with E-state index in [2.05, 4.69) is 81.2 Å². The van der Waals surface area contributed by atoms with E-state index in [-0.39, 0.29) is 0 Å². The normalized spacial score (nSPS) is 14.0. The van der Waals surface area contributed by atoms with Crippen molar-refractivity contribution in [1.82, 2.24) is 19.9 Å². The zero-order valence-corrected chi connectivity index (χ0v) is 28.7. The highest BCUT2D eigenvalue weighted by molar-refractivity contribution is 5.91. The molecular weight excluding hydrogens is 637 g/mol. The Labute approximate surface area is 296 Å². The van der Waals surface area contributed by atoms with Crippen LogP contribution in [0.5, 0.6) is 0 Å². The van der Waals surface area contributed by atoms with Gasteiger partial charge in [-0.05, 0) is 93.1 Å². The Morgan fingerprint density at radius 1 is 0.843 bits per heavy atom. The average molecular weight is 675 g/mol. The maximum absolute atomic E-state index is 12.9. The summed E-state index contributed by atoms with van der Waals surface area (Å²) < 4.78 is 7.84. The minimum atomic E-state index is -0.578. The van der Waals surface area contributed by atoms with Crippen molar-refractivity contribution < 1.29 is 14.3 Å². The molecule has 1 fully saturated rings. The van der Waals surface area contributed by atoms with Crippen LogP contribution in [0.3, 0.4) is 0 Å². The number of carbonyl (C=O) groups excluding carboxylic acids is 2. The van der Waals surface area contributed by atoms with Crippen molar-refractivity contribution in [3.8, 4) is 50.7 Å². The Balaban J connectivity index is 1.25. The first-order valence-corrected chi connectivity index (χ1v) is 17.2. The largest absolute Gasteiger partial charge is 0.444 e. The molecule has 0 bridgehead atoms. The quantitative estimate of drug-likeness (QED) is 0.145. The van der Waals surface area contributed by atoms with E-state index in [1.807, 2.05) is 69.3 Å². The van der Waals surface area contributed by atoms with Gasteiger partial charge in [0.25, 0.3) is 0 Å². The van der Waals surface area contributed by atoms with Gasteiger partial charge in [-0.3, -0.25) is 9.36 Å². The van der Waals surface area contributed by atoms with E-state index in [0.29, 0.717) is 6.41 Å². The summed E-state index contributed by atoms with van der Waals surface area (Å²) in [5.41, 5.74) is 9.36. The minimum absolute atomic E-state index is 0.401. The third-order valence-electron chi connectivity index (χ3n) is 9.59. The van der Waals surface area contributed by atoms with Crippen LogP contribution in [0.2, 0.25) is 0 Å². The Bertz CT molecular complexity index is 2250. The van der Waals surface area contributed by atoms with Gasteiger partial charge < -0.3 is 20.7 Å². The second-order valence-electron chi connectivity index (χ2n) is 14.1. The minimum Gasteiger partial charge on any atom is -0.444 e. The van der Waals surface area contributed by atoms with Crippen LogP contribution in [-0.4, -0.2) is 32.6 Å². The first-order chi connectivity index (χ1) is 24.7. The van der Waals surface area contributed by atoms with Crippen LogP contribution < -0.4 is 16.0 Å². The lowest BCUT2D eigenvalue weighted by Crippen LogP contribution is -2.52. The van der Waals surface area contributed by atoms with Crippen LogP contribution in [-0.2, 0) is 15.1 Å². The molecule has 1 aliphatic heterocycles.